The number of aryl methyl sites for hydroxylation is 2. The first-order chi connectivity index (χ1) is 8.95. The lowest BCUT2D eigenvalue weighted by molar-refractivity contribution is 0.0559. The van der Waals surface area contributed by atoms with Gasteiger partial charge in [0.2, 0.25) is 0 Å². The zero-order chi connectivity index (χ0) is 14.0. The fraction of sp³-hybridized carbons (Fsp3) is 0.600. The molecule has 4 heteroatoms. The molecular weight excluding hydrogens is 238 g/mol. The molecule has 1 aromatic rings. The number of nitriles is 1. The molecule has 0 radical (unpaired) electrons. The number of nitrogens with zero attached hydrogens (tertiary/aromatic N) is 3. The first kappa shape index (κ1) is 13.8. The molecule has 0 bridgehead atoms. The maximum atomic E-state index is 10.5. The molecule has 4 nitrogen and oxygen atoms in total. The van der Waals surface area contributed by atoms with E-state index in [0.29, 0.717) is 12.1 Å². The van der Waals surface area contributed by atoms with Crippen molar-refractivity contribution in [3.63, 3.8) is 0 Å². The van der Waals surface area contributed by atoms with Crippen LogP contribution in [0.25, 0.3) is 0 Å². The Morgan fingerprint density at radius 2 is 2.05 bits per heavy atom. The molecule has 0 unspecified atom stereocenters. The third-order valence-corrected chi connectivity index (χ3v) is 3.90. The molecule has 0 saturated heterocycles. The average Bonchev–Trinajstić information content (AvgIpc) is 2.74. The third kappa shape index (κ3) is 2.87. The SMILES string of the molecule is Cc1cc(N(C)CC2(O)CCCC2)c(C#N)c(C)n1. The summed E-state index contributed by atoms with van der Waals surface area (Å²) >= 11 is 0. The van der Waals surface area contributed by atoms with Gasteiger partial charge in [-0.2, -0.15) is 5.26 Å². The first-order valence-electron chi connectivity index (χ1n) is 6.77. The van der Waals surface area contributed by atoms with Crippen LogP contribution in [0.15, 0.2) is 6.07 Å². The van der Waals surface area contributed by atoms with Gasteiger partial charge in [0.25, 0.3) is 0 Å². The normalized spacial score (nSPS) is 17.2. The molecule has 1 heterocycles. The molecule has 0 aliphatic heterocycles. The number of rotatable bonds is 3. The average molecular weight is 259 g/mol. The number of aliphatic hydroxyl groups is 1. The second-order valence-corrected chi connectivity index (χ2v) is 5.64. The molecule has 1 N–H and O–H groups in total. The van der Waals surface area contributed by atoms with Gasteiger partial charge in [-0.15, -0.1) is 0 Å². The van der Waals surface area contributed by atoms with Gasteiger partial charge in [-0.25, -0.2) is 0 Å². The molecule has 0 aromatic carbocycles. The van der Waals surface area contributed by atoms with E-state index in [4.69, 9.17) is 0 Å². The van der Waals surface area contributed by atoms with Crippen LogP contribution in [0.3, 0.4) is 0 Å². The minimum Gasteiger partial charge on any atom is -0.388 e. The van der Waals surface area contributed by atoms with Crippen molar-refractivity contribution in [3.05, 3.63) is 23.0 Å². The van der Waals surface area contributed by atoms with Crippen LogP contribution in [0.1, 0.15) is 42.6 Å². The lowest BCUT2D eigenvalue weighted by atomic mass is 10.0. The van der Waals surface area contributed by atoms with Gasteiger partial charge in [0.1, 0.15) is 6.07 Å². The Kier molecular flexibility index (Phi) is 3.77. The highest BCUT2D eigenvalue weighted by Crippen LogP contribution is 2.32. The van der Waals surface area contributed by atoms with Crippen LogP contribution in [-0.4, -0.2) is 29.3 Å². The van der Waals surface area contributed by atoms with E-state index in [1.54, 1.807) is 0 Å². The molecule has 0 atom stereocenters. The van der Waals surface area contributed by atoms with Crippen molar-refractivity contribution in [1.29, 1.82) is 5.26 Å². The largest absolute Gasteiger partial charge is 0.388 e. The van der Waals surface area contributed by atoms with Crippen molar-refractivity contribution in [2.75, 3.05) is 18.5 Å². The highest BCUT2D eigenvalue weighted by atomic mass is 16.3. The summed E-state index contributed by atoms with van der Waals surface area (Å²) < 4.78 is 0. The van der Waals surface area contributed by atoms with E-state index >= 15 is 0 Å². The summed E-state index contributed by atoms with van der Waals surface area (Å²) in [6, 6.07) is 4.14. The van der Waals surface area contributed by atoms with Crippen LogP contribution in [0.2, 0.25) is 0 Å². The fourth-order valence-corrected chi connectivity index (χ4v) is 2.97. The molecule has 102 valence electrons. The van der Waals surface area contributed by atoms with E-state index < -0.39 is 5.60 Å². The molecule has 1 aliphatic carbocycles. The van der Waals surface area contributed by atoms with Gasteiger partial charge in [0.15, 0.2) is 0 Å². The van der Waals surface area contributed by atoms with Gasteiger partial charge in [0.05, 0.1) is 22.5 Å². The lowest BCUT2D eigenvalue weighted by Gasteiger charge is -2.30. The van der Waals surface area contributed by atoms with Crippen molar-refractivity contribution in [1.82, 2.24) is 4.98 Å². The van der Waals surface area contributed by atoms with Crippen LogP contribution in [-0.2, 0) is 0 Å². The van der Waals surface area contributed by atoms with Gasteiger partial charge in [-0.3, -0.25) is 4.98 Å². The van der Waals surface area contributed by atoms with E-state index in [2.05, 4.69) is 11.1 Å². The molecule has 2 rings (SSSR count). The molecule has 1 aliphatic rings. The van der Waals surface area contributed by atoms with Crippen LogP contribution in [0.4, 0.5) is 5.69 Å². The van der Waals surface area contributed by atoms with E-state index in [0.717, 1.165) is 42.8 Å². The van der Waals surface area contributed by atoms with E-state index in [1.165, 1.54) is 0 Å². The smallest absolute Gasteiger partial charge is 0.103 e. The topological polar surface area (TPSA) is 60.1 Å². The fourth-order valence-electron chi connectivity index (χ4n) is 2.97. The van der Waals surface area contributed by atoms with E-state index in [9.17, 15) is 10.4 Å². The summed E-state index contributed by atoms with van der Waals surface area (Å²) in [4.78, 5) is 6.32. The highest BCUT2D eigenvalue weighted by molar-refractivity contribution is 5.61. The Morgan fingerprint density at radius 1 is 1.42 bits per heavy atom. The Balaban J connectivity index is 2.28. The number of anilines is 1. The van der Waals surface area contributed by atoms with Crippen LogP contribution >= 0.6 is 0 Å². The van der Waals surface area contributed by atoms with Crippen LogP contribution in [0.5, 0.6) is 0 Å². The maximum Gasteiger partial charge on any atom is 0.103 e. The summed E-state index contributed by atoms with van der Waals surface area (Å²) in [5.41, 5.74) is 2.52. The molecule has 1 saturated carbocycles. The lowest BCUT2D eigenvalue weighted by Crippen LogP contribution is -2.39. The molecule has 19 heavy (non-hydrogen) atoms. The van der Waals surface area contributed by atoms with Gasteiger partial charge in [-0.1, -0.05) is 12.8 Å². The number of aromatic nitrogens is 1. The Labute approximate surface area is 114 Å². The van der Waals surface area contributed by atoms with E-state index in [-0.39, 0.29) is 0 Å². The molecule has 0 spiro atoms. The van der Waals surface area contributed by atoms with Gasteiger partial charge in [0, 0.05) is 19.3 Å². The van der Waals surface area contributed by atoms with Gasteiger partial charge >= 0.3 is 0 Å². The zero-order valence-corrected chi connectivity index (χ0v) is 11.9. The number of pyridine rings is 1. The van der Waals surface area contributed by atoms with Crippen molar-refractivity contribution >= 4 is 5.69 Å². The molecular formula is C15H21N3O. The quantitative estimate of drug-likeness (QED) is 0.905. The van der Waals surface area contributed by atoms with Crippen LogP contribution in [0, 0.1) is 25.2 Å². The minimum absolute atomic E-state index is 0.574. The predicted octanol–water partition coefficient (Wildman–Crippen LogP) is 2.31. The number of hydrogen-bond acceptors (Lipinski definition) is 4. The Hall–Kier alpha value is -1.60. The number of likely N-dealkylation sites (N-methyl/N-ethyl adjacent to an activating group) is 1. The number of hydrogen-bond donors (Lipinski definition) is 1. The Morgan fingerprint density at radius 3 is 2.63 bits per heavy atom. The van der Waals surface area contributed by atoms with Gasteiger partial charge in [-0.05, 0) is 32.8 Å². The highest BCUT2D eigenvalue weighted by Gasteiger charge is 2.32. The first-order valence-corrected chi connectivity index (χ1v) is 6.77. The molecule has 1 fully saturated rings. The summed E-state index contributed by atoms with van der Waals surface area (Å²) in [6.45, 7) is 4.35. The molecule has 1 aromatic heterocycles. The van der Waals surface area contributed by atoms with E-state index in [1.807, 2.05) is 31.9 Å². The minimum atomic E-state index is -0.605. The second-order valence-electron chi connectivity index (χ2n) is 5.64. The second kappa shape index (κ2) is 5.18. The van der Waals surface area contributed by atoms with Crippen molar-refractivity contribution in [2.24, 2.45) is 0 Å². The Bertz CT molecular complexity index is 513. The summed E-state index contributed by atoms with van der Waals surface area (Å²) in [7, 11) is 1.94. The van der Waals surface area contributed by atoms with Gasteiger partial charge < -0.3 is 10.0 Å². The zero-order valence-electron chi connectivity index (χ0n) is 11.9. The summed E-state index contributed by atoms with van der Waals surface area (Å²) in [5, 5.41) is 19.8. The molecule has 0 amide bonds. The monoisotopic (exact) mass is 259 g/mol. The summed E-state index contributed by atoms with van der Waals surface area (Å²) in [6.07, 6.45) is 3.87. The predicted molar refractivity (Wildman–Crippen MR) is 75.1 cm³/mol. The standard InChI is InChI=1S/C15H21N3O/c1-11-8-14(13(9-16)12(2)17-11)18(3)10-15(19)6-4-5-7-15/h8,19H,4-7,10H2,1-3H3. The van der Waals surface area contributed by atoms with Crippen molar-refractivity contribution in [3.8, 4) is 6.07 Å². The van der Waals surface area contributed by atoms with Crippen LogP contribution < -0.4 is 4.90 Å². The summed E-state index contributed by atoms with van der Waals surface area (Å²) in [5.74, 6) is 0. The third-order valence-electron chi connectivity index (χ3n) is 3.90. The van der Waals surface area contributed by atoms with Crippen molar-refractivity contribution < 1.29 is 5.11 Å². The maximum absolute atomic E-state index is 10.5. The van der Waals surface area contributed by atoms with Crippen molar-refractivity contribution in [2.45, 2.75) is 45.1 Å².